The number of hydrogen-bond acceptors (Lipinski definition) is 3. The fourth-order valence-electron chi connectivity index (χ4n) is 2.72. The molecule has 0 radical (unpaired) electrons. The van der Waals surface area contributed by atoms with Crippen LogP contribution < -0.4 is 5.73 Å². The van der Waals surface area contributed by atoms with Gasteiger partial charge in [-0.05, 0) is 31.1 Å². The van der Waals surface area contributed by atoms with Crippen LogP contribution in [-0.2, 0) is 10.1 Å². The molecule has 0 heterocycles. The third-order valence-corrected chi connectivity index (χ3v) is 4.63. The standard InChI is InChI=1S/C7H13NO3S/c8-6-4-1-2-5(3-4)7(6)12(9,10)11/h4-7H,1-3,8H2,(H,9,10,11). The summed E-state index contributed by atoms with van der Waals surface area (Å²) in [7, 11) is -3.91. The van der Waals surface area contributed by atoms with Crippen LogP contribution in [0.2, 0.25) is 0 Å². The third kappa shape index (κ3) is 1.08. The van der Waals surface area contributed by atoms with Crippen molar-refractivity contribution in [2.24, 2.45) is 17.6 Å². The predicted molar refractivity (Wildman–Crippen MR) is 44.1 cm³/mol. The van der Waals surface area contributed by atoms with Crippen molar-refractivity contribution in [1.29, 1.82) is 0 Å². The fraction of sp³-hybridized carbons (Fsp3) is 1.00. The van der Waals surface area contributed by atoms with Gasteiger partial charge in [-0.2, -0.15) is 8.42 Å². The highest BCUT2D eigenvalue weighted by Gasteiger charge is 2.51. The largest absolute Gasteiger partial charge is 0.326 e. The zero-order chi connectivity index (χ0) is 8.93. The molecular weight excluding hydrogens is 178 g/mol. The van der Waals surface area contributed by atoms with Gasteiger partial charge in [-0.1, -0.05) is 0 Å². The van der Waals surface area contributed by atoms with E-state index in [1.807, 2.05) is 0 Å². The van der Waals surface area contributed by atoms with Crippen LogP contribution in [0.4, 0.5) is 0 Å². The molecule has 0 spiro atoms. The number of rotatable bonds is 1. The minimum absolute atomic E-state index is 0.111. The van der Waals surface area contributed by atoms with Gasteiger partial charge in [0.05, 0.1) is 0 Å². The molecule has 2 fully saturated rings. The van der Waals surface area contributed by atoms with Gasteiger partial charge in [-0.3, -0.25) is 4.55 Å². The molecule has 0 aromatic carbocycles. The van der Waals surface area contributed by atoms with E-state index in [4.69, 9.17) is 10.3 Å². The highest BCUT2D eigenvalue weighted by Crippen LogP contribution is 2.46. The first-order chi connectivity index (χ1) is 5.50. The van der Waals surface area contributed by atoms with Gasteiger partial charge in [0.25, 0.3) is 10.1 Å². The number of fused-ring (bicyclic) bond motifs is 2. The van der Waals surface area contributed by atoms with Crippen LogP contribution in [0.15, 0.2) is 0 Å². The molecule has 0 amide bonds. The molecule has 2 rings (SSSR count). The summed E-state index contributed by atoms with van der Waals surface area (Å²) in [6, 6.07) is -0.334. The first-order valence-electron chi connectivity index (χ1n) is 4.22. The maximum atomic E-state index is 10.9. The molecule has 5 heteroatoms. The van der Waals surface area contributed by atoms with Crippen LogP contribution in [0.5, 0.6) is 0 Å². The van der Waals surface area contributed by atoms with Crippen molar-refractivity contribution in [2.75, 3.05) is 0 Å². The highest BCUT2D eigenvalue weighted by atomic mass is 32.2. The van der Waals surface area contributed by atoms with Gasteiger partial charge < -0.3 is 5.73 Å². The molecular formula is C7H13NO3S. The van der Waals surface area contributed by atoms with E-state index in [1.54, 1.807) is 0 Å². The second-order valence-corrected chi connectivity index (χ2v) is 5.46. The van der Waals surface area contributed by atoms with Gasteiger partial charge >= 0.3 is 0 Å². The third-order valence-electron chi connectivity index (χ3n) is 3.25. The minimum Gasteiger partial charge on any atom is -0.326 e. The van der Waals surface area contributed by atoms with Crippen molar-refractivity contribution in [3.8, 4) is 0 Å². The van der Waals surface area contributed by atoms with Gasteiger partial charge in [0.1, 0.15) is 5.25 Å². The molecule has 12 heavy (non-hydrogen) atoms. The van der Waals surface area contributed by atoms with Crippen LogP contribution in [-0.4, -0.2) is 24.3 Å². The zero-order valence-corrected chi connectivity index (χ0v) is 7.50. The predicted octanol–water partition coefficient (Wildman–Crippen LogP) is -0.0000000000000000555. The van der Waals surface area contributed by atoms with Gasteiger partial charge in [0.15, 0.2) is 0 Å². The van der Waals surface area contributed by atoms with Crippen molar-refractivity contribution in [1.82, 2.24) is 0 Å². The Morgan fingerprint density at radius 1 is 1.25 bits per heavy atom. The van der Waals surface area contributed by atoms with E-state index in [0.29, 0.717) is 5.92 Å². The molecule has 2 aliphatic rings. The molecule has 70 valence electrons. The molecule has 0 aromatic rings. The maximum Gasteiger partial charge on any atom is 0.269 e. The lowest BCUT2D eigenvalue weighted by Crippen LogP contribution is -2.44. The van der Waals surface area contributed by atoms with Crippen molar-refractivity contribution >= 4 is 10.1 Å². The number of nitrogens with two attached hydrogens (primary N) is 1. The molecule has 2 saturated carbocycles. The molecule has 2 bridgehead atoms. The average Bonchev–Trinajstić information content (AvgIpc) is 2.42. The van der Waals surface area contributed by atoms with Gasteiger partial charge in [0, 0.05) is 6.04 Å². The van der Waals surface area contributed by atoms with Crippen molar-refractivity contribution in [2.45, 2.75) is 30.6 Å². The molecule has 2 aliphatic carbocycles. The molecule has 0 saturated heterocycles. The summed E-state index contributed by atoms with van der Waals surface area (Å²) in [5.74, 6) is 0.432. The Hall–Kier alpha value is -0.130. The Labute approximate surface area is 71.9 Å². The Morgan fingerprint density at radius 2 is 1.83 bits per heavy atom. The van der Waals surface area contributed by atoms with Crippen LogP contribution >= 0.6 is 0 Å². The van der Waals surface area contributed by atoms with Crippen molar-refractivity contribution in [3.05, 3.63) is 0 Å². The summed E-state index contributed by atoms with van der Waals surface area (Å²) in [6.45, 7) is 0. The van der Waals surface area contributed by atoms with Gasteiger partial charge in [-0.15, -0.1) is 0 Å². The first kappa shape index (κ1) is 8.47. The van der Waals surface area contributed by atoms with Gasteiger partial charge in [-0.25, -0.2) is 0 Å². The summed E-state index contributed by atoms with van der Waals surface area (Å²) in [6.07, 6.45) is 2.81. The zero-order valence-electron chi connectivity index (χ0n) is 6.68. The number of hydrogen-bond donors (Lipinski definition) is 2. The van der Waals surface area contributed by atoms with Gasteiger partial charge in [0.2, 0.25) is 0 Å². The van der Waals surface area contributed by atoms with Crippen molar-refractivity contribution < 1.29 is 13.0 Å². The monoisotopic (exact) mass is 191 g/mol. The minimum atomic E-state index is -3.91. The van der Waals surface area contributed by atoms with Crippen LogP contribution in [0.25, 0.3) is 0 Å². The van der Waals surface area contributed by atoms with E-state index < -0.39 is 15.4 Å². The maximum absolute atomic E-state index is 10.9. The second-order valence-electron chi connectivity index (χ2n) is 3.89. The summed E-state index contributed by atoms with van der Waals surface area (Å²) >= 11 is 0. The molecule has 4 unspecified atom stereocenters. The highest BCUT2D eigenvalue weighted by molar-refractivity contribution is 7.86. The van der Waals surface area contributed by atoms with E-state index in [2.05, 4.69) is 0 Å². The Kier molecular flexibility index (Phi) is 1.72. The lowest BCUT2D eigenvalue weighted by molar-refractivity contribution is 0.381. The summed E-state index contributed by atoms with van der Waals surface area (Å²) in [5.41, 5.74) is 5.71. The molecule has 3 N–H and O–H groups in total. The molecule has 0 aromatic heterocycles. The van der Waals surface area contributed by atoms with E-state index >= 15 is 0 Å². The summed E-state index contributed by atoms with van der Waals surface area (Å²) < 4.78 is 30.7. The van der Waals surface area contributed by atoms with E-state index in [9.17, 15) is 8.42 Å². The summed E-state index contributed by atoms with van der Waals surface area (Å²) in [5, 5.41) is -0.684. The SMILES string of the molecule is NC1C2CCC(C2)C1S(=O)(=O)O. The topological polar surface area (TPSA) is 80.4 Å². The molecule has 0 aliphatic heterocycles. The quantitative estimate of drug-likeness (QED) is 0.572. The summed E-state index contributed by atoms with van der Waals surface area (Å²) in [4.78, 5) is 0. The normalized spacial score (nSPS) is 46.8. The van der Waals surface area contributed by atoms with Crippen LogP contribution in [0, 0.1) is 11.8 Å². The Morgan fingerprint density at radius 3 is 2.17 bits per heavy atom. The smallest absolute Gasteiger partial charge is 0.269 e. The average molecular weight is 191 g/mol. The van der Waals surface area contributed by atoms with E-state index in [1.165, 1.54) is 0 Å². The molecule has 4 nitrogen and oxygen atoms in total. The van der Waals surface area contributed by atoms with E-state index in [-0.39, 0.29) is 12.0 Å². The van der Waals surface area contributed by atoms with E-state index in [0.717, 1.165) is 19.3 Å². The Bertz CT molecular complexity index is 285. The lowest BCUT2D eigenvalue weighted by atomic mass is 9.96. The fourth-order valence-corrected chi connectivity index (χ4v) is 4.08. The van der Waals surface area contributed by atoms with Crippen LogP contribution in [0.1, 0.15) is 19.3 Å². The van der Waals surface area contributed by atoms with Crippen LogP contribution in [0.3, 0.4) is 0 Å². The second kappa shape index (κ2) is 2.43. The van der Waals surface area contributed by atoms with Crippen molar-refractivity contribution in [3.63, 3.8) is 0 Å². The molecule has 4 atom stereocenters. The Balaban J connectivity index is 2.29. The first-order valence-corrected chi connectivity index (χ1v) is 5.72. The lowest BCUT2D eigenvalue weighted by Gasteiger charge is -2.24.